The van der Waals surface area contributed by atoms with E-state index in [1.165, 1.54) is 55.4 Å². The Morgan fingerprint density at radius 2 is 1.69 bits per heavy atom. The van der Waals surface area contributed by atoms with Crippen molar-refractivity contribution < 1.29 is 37.6 Å². The van der Waals surface area contributed by atoms with Crippen molar-refractivity contribution >= 4 is 44.5 Å². The minimum Gasteiger partial charge on any atom is -0.629 e. The summed E-state index contributed by atoms with van der Waals surface area (Å²) < 4.78 is 51.4. The van der Waals surface area contributed by atoms with E-state index in [1.807, 2.05) is 6.92 Å². The summed E-state index contributed by atoms with van der Waals surface area (Å²) in [6.45, 7) is 13.5. The van der Waals surface area contributed by atoms with Crippen molar-refractivity contribution in [2.24, 2.45) is 23.2 Å². The topological polar surface area (TPSA) is 185 Å². The van der Waals surface area contributed by atoms with Gasteiger partial charge in [-0.3, -0.25) is 14.7 Å². The molecule has 74 heavy (non-hydrogen) atoms. The van der Waals surface area contributed by atoms with Crippen molar-refractivity contribution in [3.8, 4) is 11.5 Å². The van der Waals surface area contributed by atoms with Crippen LogP contribution in [0.5, 0.6) is 11.5 Å². The molecule has 4 aromatic rings. The van der Waals surface area contributed by atoms with E-state index < -0.39 is 32.4 Å². The molecule has 0 bridgehead atoms. The second-order valence-corrected chi connectivity index (χ2v) is 24.9. The van der Waals surface area contributed by atoms with Gasteiger partial charge in [-0.2, -0.15) is 0 Å². The van der Waals surface area contributed by atoms with Gasteiger partial charge in [0.2, 0.25) is 0 Å². The monoisotopic (exact) mass is 1030 g/mol. The maximum atomic E-state index is 15.0. The summed E-state index contributed by atoms with van der Waals surface area (Å²) in [5.74, 6) is 1.04. The molecule has 1 amide bonds. The number of aliphatic hydroxyl groups excluding tert-OH is 1. The largest absolute Gasteiger partial charge is 0.629 e. The average molecular weight is 1030 g/mol. The number of aliphatic hydroxyl groups is 2. The number of carbonyl (C=O) groups excluding carboxylic acids is 1. The molecule has 2 aliphatic heterocycles. The van der Waals surface area contributed by atoms with Crippen LogP contribution in [0.4, 0.5) is 21.6 Å². The molecule has 10 rings (SSSR count). The van der Waals surface area contributed by atoms with E-state index in [0.29, 0.717) is 60.5 Å². The molecule has 1 spiro atoms. The molecule has 5 fully saturated rings. The van der Waals surface area contributed by atoms with Gasteiger partial charge in [0, 0.05) is 55.1 Å². The van der Waals surface area contributed by atoms with E-state index in [4.69, 9.17) is 4.74 Å². The normalized spacial score (nSPS) is 26.8. The summed E-state index contributed by atoms with van der Waals surface area (Å²) in [6.07, 6.45) is 17.4. The Bertz CT molecular complexity index is 2880. The number of halogens is 1. The molecule has 3 unspecified atom stereocenters. The number of nitrogens with zero attached hydrogens (tertiary/aromatic N) is 4. The number of hydrogen-bond donors (Lipinski definition) is 5. The number of aromatic nitrogens is 2. The number of quaternary nitrogens is 1. The van der Waals surface area contributed by atoms with E-state index in [0.717, 1.165) is 95.7 Å². The summed E-state index contributed by atoms with van der Waals surface area (Å²) in [5, 5.41) is 36.3. The van der Waals surface area contributed by atoms with Gasteiger partial charge in [0.15, 0.2) is 11.5 Å². The zero-order chi connectivity index (χ0) is 52.1. The van der Waals surface area contributed by atoms with Crippen LogP contribution in [0.25, 0.3) is 11.4 Å². The number of fused-ring (bicyclic) bond motifs is 1. The minimum atomic E-state index is -4.55. The molecule has 396 valence electrons. The quantitative estimate of drug-likeness (QED) is 0.0755. The van der Waals surface area contributed by atoms with Crippen LogP contribution in [0.3, 0.4) is 0 Å². The summed E-state index contributed by atoms with van der Waals surface area (Å²) in [5.41, 5.74) is 4.30. The standard InChI is InChI=1S/C58H74FN7O7S/c1-36(2)46-8-6-7-9-47(46)51-27-40(39-10-13-43(67)14-11-39)18-23-66(51)42-31-58(32-42)21-24-65(25-22-58)41-12-15-48(53(28-41)73-44-29-49-50(59)26-37(3)54(49)60-34-44)56(68)63-74(71,72)45-30-52(64(5)70)55(62-35-45)61-33-38-16-19-57(4,69)20-17-38/h6-9,12,15,26,28-30,34-36,38-40,42-43,51,64,67,69H,3,10-11,13-14,16-25,27,31-33H2,1-2,4-5H3,(H,61,62)(H,63,68)/t38-,39?,40?,43?,51?,57-. The summed E-state index contributed by atoms with van der Waals surface area (Å²) in [4.78, 5) is 27.7. The van der Waals surface area contributed by atoms with Gasteiger partial charge in [0.05, 0.1) is 42.4 Å². The van der Waals surface area contributed by atoms with E-state index >= 15 is 0 Å². The number of hydroxylamine groups is 1. The lowest BCUT2D eigenvalue weighted by atomic mass is 9.59. The lowest BCUT2D eigenvalue weighted by molar-refractivity contribution is -0.751. The molecule has 2 aromatic heterocycles. The molecule has 2 aromatic carbocycles. The summed E-state index contributed by atoms with van der Waals surface area (Å²) >= 11 is 0. The van der Waals surface area contributed by atoms with Gasteiger partial charge in [0.25, 0.3) is 15.9 Å². The molecule has 3 saturated carbocycles. The van der Waals surface area contributed by atoms with Crippen LogP contribution in [0.15, 0.2) is 84.5 Å². The number of rotatable bonds is 14. The highest BCUT2D eigenvalue weighted by Gasteiger charge is 2.51. The molecule has 4 heterocycles. The molecule has 4 aliphatic carbocycles. The molecular formula is C58H74FN7O7S. The average Bonchev–Trinajstić information content (AvgIpc) is 3.66. The minimum absolute atomic E-state index is 0.0639. The first-order chi connectivity index (χ1) is 35.3. The number of sulfonamides is 1. The number of anilines is 2. The van der Waals surface area contributed by atoms with E-state index in [-0.39, 0.29) is 56.5 Å². The van der Waals surface area contributed by atoms with Gasteiger partial charge >= 0.3 is 0 Å². The number of benzene rings is 2. The van der Waals surface area contributed by atoms with Crippen LogP contribution < -0.4 is 24.7 Å². The Morgan fingerprint density at radius 3 is 2.41 bits per heavy atom. The van der Waals surface area contributed by atoms with Crippen molar-refractivity contribution in [3.63, 3.8) is 0 Å². The predicted octanol–water partition coefficient (Wildman–Crippen LogP) is 9.60. The zero-order valence-electron chi connectivity index (χ0n) is 43.4. The Hall–Kier alpha value is -5.23. The highest BCUT2D eigenvalue weighted by molar-refractivity contribution is 7.90. The van der Waals surface area contributed by atoms with Crippen LogP contribution >= 0.6 is 0 Å². The molecule has 3 atom stereocenters. The van der Waals surface area contributed by atoms with Crippen LogP contribution in [0, 0.1) is 28.4 Å². The highest BCUT2D eigenvalue weighted by atomic mass is 32.2. The molecule has 2 saturated heterocycles. The molecule has 14 nitrogen and oxygen atoms in total. The van der Waals surface area contributed by atoms with E-state index in [9.17, 15) is 33.0 Å². The Morgan fingerprint density at radius 1 is 0.959 bits per heavy atom. The number of allylic oxidation sites excluding steroid dienone is 2. The molecular weight excluding hydrogens is 958 g/mol. The van der Waals surface area contributed by atoms with Crippen LogP contribution in [0.1, 0.15) is 155 Å². The number of hydrogen-bond acceptors (Lipinski definition) is 12. The lowest BCUT2D eigenvalue weighted by Gasteiger charge is -2.58. The number of pyridine rings is 2. The number of piperidine rings is 2. The fraction of sp³-hybridized carbons (Fsp3) is 0.534. The van der Waals surface area contributed by atoms with Gasteiger partial charge < -0.3 is 35.4 Å². The maximum absolute atomic E-state index is 15.0. The zero-order valence-corrected chi connectivity index (χ0v) is 44.2. The van der Waals surface area contributed by atoms with Gasteiger partial charge in [-0.15, -0.1) is 0 Å². The van der Waals surface area contributed by atoms with Gasteiger partial charge in [0.1, 0.15) is 22.2 Å². The van der Waals surface area contributed by atoms with Gasteiger partial charge in [-0.1, -0.05) is 44.7 Å². The number of amides is 1. The number of carbonyl (C=O) groups is 1. The number of ether oxygens (including phenoxy) is 1. The van der Waals surface area contributed by atoms with Crippen molar-refractivity contribution in [2.75, 3.05) is 43.4 Å². The Kier molecular flexibility index (Phi) is 14.9. The van der Waals surface area contributed by atoms with Crippen LogP contribution in [0.2, 0.25) is 0 Å². The van der Waals surface area contributed by atoms with Crippen molar-refractivity contribution in [1.29, 1.82) is 0 Å². The van der Waals surface area contributed by atoms with Crippen molar-refractivity contribution in [3.05, 3.63) is 113 Å². The predicted molar refractivity (Wildman–Crippen MR) is 286 cm³/mol. The van der Waals surface area contributed by atoms with E-state index in [2.05, 4.69) is 74.5 Å². The molecule has 6 aliphatic rings. The first-order valence-electron chi connectivity index (χ1n) is 27.0. The fourth-order valence-electron chi connectivity index (χ4n) is 13.2. The van der Waals surface area contributed by atoms with Gasteiger partial charge in [-0.25, -0.2) is 22.5 Å². The van der Waals surface area contributed by atoms with Crippen molar-refractivity contribution in [2.45, 2.75) is 145 Å². The molecule has 5 N–H and O–H groups in total. The third-order valence-electron chi connectivity index (χ3n) is 17.7. The first kappa shape index (κ1) is 52.2. The SMILES string of the molecule is C=C1C=C(F)c2cc(Oc3cc(N4CCC5(CC4)CC(N4CCC(C6CCC(O)CC6)CC4c4ccccc4C(C)C)C5)ccc3C(=O)NS(=O)(=O)c3cnc(NC[C@H]4CC[C@](C)(O)CC4)c([NH+](C)[O-])c3)cnc21. The summed E-state index contributed by atoms with van der Waals surface area (Å²) in [7, 11) is -3.23. The fourth-order valence-corrected chi connectivity index (χ4v) is 14.2. The second-order valence-electron chi connectivity index (χ2n) is 23.2. The highest BCUT2D eigenvalue weighted by Crippen LogP contribution is 2.55. The number of likely N-dealkylation sites (tertiary alicyclic amines) is 1. The van der Waals surface area contributed by atoms with Crippen LogP contribution in [-0.4, -0.2) is 90.4 Å². The molecule has 0 radical (unpaired) electrons. The Labute approximate surface area is 436 Å². The third-order valence-corrected chi connectivity index (χ3v) is 19.0. The maximum Gasteiger partial charge on any atom is 0.268 e. The second kappa shape index (κ2) is 21.1. The van der Waals surface area contributed by atoms with E-state index in [1.54, 1.807) is 18.2 Å². The smallest absolute Gasteiger partial charge is 0.268 e. The number of nitrogens with one attached hydrogen (secondary N) is 3. The first-order valence-corrected chi connectivity index (χ1v) is 28.5. The Balaban J connectivity index is 0.844. The third kappa shape index (κ3) is 11.0. The molecule has 16 heteroatoms. The van der Waals surface area contributed by atoms with Crippen LogP contribution in [-0.2, 0) is 10.0 Å². The summed E-state index contributed by atoms with van der Waals surface area (Å²) in [6, 6.07) is 17.8. The lowest BCUT2D eigenvalue weighted by Crippen LogP contribution is -2.98. The van der Waals surface area contributed by atoms with Gasteiger partial charge in [-0.05, 0) is 173 Å². The van der Waals surface area contributed by atoms with Crippen molar-refractivity contribution in [1.82, 2.24) is 19.6 Å².